The van der Waals surface area contributed by atoms with Crippen molar-refractivity contribution in [3.8, 4) is 11.7 Å². The van der Waals surface area contributed by atoms with E-state index in [2.05, 4.69) is 91.1 Å². The fraction of sp³-hybridized carbons (Fsp3) is 0.0435. The van der Waals surface area contributed by atoms with Crippen LogP contribution in [0.15, 0.2) is 103 Å². The zero-order valence-corrected chi connectivity index (χ0v) is 14.9. The molecule has 0 heterocycles. The molecule has 0 aliphatic heterocycles. The Bertz CT molecular complexity index is 778. The predicted octanol–water partition coefficient (Wildman–Crippen LogP) is 0.279. The second-order valence-electron chi connectivity index (χ2n) is 6.15. The Balaban J connectivity index is 0.00000225. The zero-order valence-electron chi connectivity index (χ0n) is 14.9. The van der Waals surface area contributed by atoms with E-state index in [4.69, 9.17) is 0 Å². The van der Waals surface area contributed by atoms with Crippen molar-refractivity contribution < 1.29 is 18.9 Å². The van der Waals surface area contributed by atoms with Crippen LogP contribution in [-0.4, -0.2) is 6.15 Å². The van der Waals surface area contributed by atoms with Crippen LogP contribution in [0.5, 0.6) is 0 Å². The summed E-state index contributed by atoms with van der Waals surface area (Å²) in [6.45, 7) is 5.93. The van der Waals surface area contributed by atoms with Crippen molar-refractivity contribution in [2.24, 2.45) is 0 Å². The number of allylic oxidation sites excluding steroid dienone is 1. The predicted molar refractivity (Wildman–Crippen MR) is 107 cm³/mol. The van der Waals surface area contributed by atoms with Gasteiger partial charge in [0, 0.05) is 0 Å². The van der Waals surface area contributed by atoms with E-state index in [9.17, 15) is 0 Å². The summed E-state index contributed by atoms with van der Waals surface area (Å²) in [6.07, 6.45) is -1.37. The van der Waals surface area contributed by atoms with Crippen molar-refractivity contribution in [1.82, 2.24) is 0 Å². The molecule has 116 valence electrons. The third-order valence-electron chi connectivity index (χ3n) is 4.40. The fourth-order valence-corrected chi connectivity index (χ4v) is 3.28. The monoisotopic (exact) mass is 314 g/mol. The fourth-order valence-electron chi connectivity index (χ4n) is 3.28. The normalized spacial score (nSPS) is 10.1. The molecule has 0 spiro atoms. The zero-order chi connectivity index (χ0) is 16.8. The maximum atomic E-state index is 3.98. The van der Waals surface area contributed by atoms with Crippen molar-refractivity contribution in [3.05, 3.63) is 103 Å². The summed E-state index contributed by atoms with van der Waals surface area (Å²) in [7, 11) is 0. The van der Waals surface area contributed by atoms with E-state index >= 15 is 0 Å². The molecule has 0 radical (unpaired) electrons. The van der Waals surface area contributed by atoms with Crippen LogP contribution in [0, 0.1) is 11.7 Å². The number of benzene rings is 3. The van der Waals surface area contributed by atoms with Gasteiger partial charge in [0.15, 0.2) is 0 Å². The van der Waals surface area contributed by atoms with Crippen LogP contribution in [-0.2, 0) is 0 Å². The Kier molecular flexibility index (Phi) is 6.55. The third kappa shape index (κ3) is 4.00. The van der Waals surface area contributed by atoms with Crippen molar-refractivity contribution in [2.45, 2.75) is 6.92 Å². The van der Waals surface area contributed by atoms with Crippen LogP contribution in [0.25, 0.3) is 0 Å². The maximum Gasteiger partial charge on any atom is 1.00 e. The molecular formula is C23H20BLi. The van der Waals surface area contributed by atoms with Crippen LogP contribution in [0.2, 0.25) is 0 Å². The molecule has 25 heavy (non-hydrogen) atoms. The molecule has 0 amide bonds. The molecule has 0 saturated heterocycles. The molecular weight excluding hydrogens is 294 g/mol. The van der Waals surface area contributed by atoms with Gasteiger partial charge in [-0.2, -0.15) is 16.4 Å². The van der Waals surface area contributed by atoms with Gasteiger partial charge in [0.25, 0.3) is 0 Å². The minimum absolute atomic E-state index is 0. The molecule has 3 aromatic rings. The Morgan fingerprint density at radius 2 is 1.00 bits per heavy atom. The molecule has 0 nitrogen and oxygen atoms in total. The molecule has 3 aromatic carbocycles. The van der Waals surface area contributed by atoms with Gasteiger partial charge >= 0.3 is 18.9 Å². The molecule has 0 fully saturated rings. The van der Waals surface area contributed by atoms with Crippen LogP contribution in [0.4, 0.5) is 0 Å². The molecule has 0 aliphatic rings. The van der Waals surface area contributed by atoms with E-state index in [-0.39, 0.29) is 18.9 Å². The minimum atomic E-state index is -1.37. The Labute approximate surface area is 163 Å². The smallest absolute Gasteiger partial charge is 0.292 e. The summed E-state index contributed by atoms with van der Waals surface area (Å²) in [6, 6.07) is 31.7. The van der Waals surface area contributed by atoms with Gasteiger partial charge < -0.3 is 0 Å². The van der Waals surface area contributed by atoms with Crippen LogP contribution in [0.1, 0.15) is 6.92 Å². The number of hydrogen-bond donors (Lipinski definition) is 0. The van der Waals surface area contributed by atoms with E-state index in [0.29, 0.717) is 0 Å². The first-order valence-electron chi connectivity index (χ1n) is 8.24. The largest absolute Gasteiger partial charge is 1.00 e. The van der Waals surface area contributed by atoms with Crippen molar-refractivity contribution >= 4 is 22.5 Å². The first kappa shape index (κ1) is 19.0. The molecule has 0 aliphatic carbocycles. The van der Waals surface area contributed by atoms with E-state index in [1.54, 1.807) is 0 Å². The van der Waals surface area contributed by atoms with Gasteiger partial charge in [0.1, 0.15) is 6.15 Å². The molecule has 0 saturated carbocycles. The minimum Gasteiger partial charge on any atom is -0.292 e. The average Bonchev–Trinajstić information content (AvgIpc) is 2.65. The standard InChI is InChI=1S/C23H20B.Li/c1-20(2)18-19-24(21-12-6-3-7-13-21,22-14-8-4-9-15-22)23-16-10-5-11-17-23;/h3-17H,1H2,2H3;/q-1;+1. The molecule has 0 bridgehead atoms. The summed E-state index contributed by atoms with van der Waals surface area (Å²) >= 11 is 0. The topological polar surface area (TPSA) is 0 Å². The number of rotatable bonds is 3. The first-order chi connectivity index (χ1) is 11.7. The Morgan fingerprint density at radius 1 is 0.680 bits per heavy atom. The Morgan fingerprint density at radius 3 is 1.28 bits per heavy atom. The van der Waals surface area contributed by atoms with E-state index in [1.807, 2.05) is 25.1 Å². The molecule has 0 aromatic heterocycles. The molecule has 0 unspecified atom stereocenters. The van der Waals surface area contributed by atoms with Crippen molar-refractivity contribution in [2.75, 3.05) is 0 Å². The molecule has 3 rings (SSSR count). The molecule has 2 heteroatoms. The van der Waals surface area contributed by atoms with Gasteiger partial charge in [0.05, 0.1) is 0 Å². The summed E-state index contributed by atoms with van der Waals surface area (Å²) in [5, 5.41) is 0. The van der Waals surface area contributed by atoms with Crippen LogP contribution in [0.3, 0.4) is 0 Å². The maximum absolute atomic E-state index is 3.98. The summed E-state index contributed by atoms with van der Waals surface area (Å²) in [4.78, 5) is 0. The van der Waals surface area contributed by atoms with Gasteiger partial charge in [-0.05, 0) is 12.5 Å². The van der Waals surface area contributed by atoms with Gasteiger partial charge in [-0.3, -0.25) is 5.82 Å². The molecule has 0 N–H and O–H groups in total. The molecule has 0 atom stereocenters. The summed E-state index contributed by atoms with van der Waals surface area (Å²) in [5.41, 5.74) is 4.56. The van der Waals surface area contributed by atoms with Gasteiger partial charge in [-0.1, -0.05) is 97.6 Å². The first-order valence-corrected chi connectivity index (χ1v) is 8.24. The van der Waals surface area contributed by atoms with Crippen LogP contribution < -0.4 is 35.2 Å². The van der Waals surface area contributed by atoms with E-state index in [0.717, 1.165) is 5.57 Å². The second-order valence-corrected chi connectivity index (χ2v) is 6.15. The number of hydrogen-bond acceptors (Lipinski definition) is 0. The summed E-state index contributed by atoms with van der Waals surface area (Å²) in [5.74, 6) is 6.86. The van der Waals surface area contributed by atoms with E-state index in [1.165, 1.54) is 16.4 Å². The van der Waals surface area contributed by atoms with Gasteiger partial charge in [-0.25, -0.2) is 0 Å². The van der Waals surface area contributed by atoms with Crippen molar-refractivity contribution in [3.63, 3.8) is 0 Å². The average molecular weight is 314 g/mol. The third-order valence-corrected chi connectivity index (χ3v) is 4.40. The Hall–Kier alpha value is -2.38. The van der Waals surface area contributed by atoms with Crippen LogP contribution >= 0.6 is 0 Å². The SMILES string of the molecule is C=C(C)C#C[B-](c1ccccc1)(c1ccccc1)c1ccccc1.[Li+]. The quantitative estimate of drug-likeness (QED) is 0.481. The second kappa shape index (κ2) is 8.64. The van der Waals surface area contributed by atoms with E-state index < -0.39 is 6.15 Å². The summed E-state index contributed by atoms with van der Waals surface area (Å²) < 4.78 is 0. The van der Waals surface area contributed by atoms with Crippen molar-refractivity contribution in [1.29, 1.82) is 0 Å². The van der Waals surface area contributed by atoms with Gasteiger partial charge in [-0.15, -0.1) is 5.92 Å². The van der Waals surface area contributed by atoms with Gasteiger partial charge in [0.2, 0.25) is 0 Å².